The summed E-state index contributed by atoms with van der Waals surface area (Å²) in [6, 6.07) is 1.97. The summed E-state index contributed by atoms with van der Waals surface area (Å²) < 4.78 is 17.7. The summed E-state index contributed by atoms with van der Waals surface area (Å²) in [5, 5.41) is 18.4. The Morgan fingerprint density at radius 1 is 1.15 bits per heavy atom. The highest BCUT2D eigenvalue weighted by Crippen LogP contribution is 2.40. The Morgan fingerprint density at radius 2 is 1.98 bits per heavy atom. The molecule has 2 aliphatic rings. The number of fused-ring (bicyclic) bond motifs is 2. The van der Waals surface area contributed by atoms with E-state index in [0.29, 0.717) is 52.0 Å². The molecule has 41 heavy (non-hydrogen) atoms. The number of aryl methyl sites for hydroxylation is 1. The first kappa shape index (κ1) is 26.2. The standard InChI is InChI=1S/C28H32ClN9O3/c1-28(2,3)20-9-21(35-38(20)17-7-8-40-19(17)14-39)33-27-34-25-24(36(27)4)23(29)18(11-31-25)41-16-10-30-22-12-32-26(15-5-6-15)37(22)13-16/h9-13,15,17,19,39H,5-8,14H2,1-4H3,(H,31,33,34,35). The third-order valence-corrected chi connectivity index (χ3v) is 8.14. The molecule has 0 aromatic carbocycles. The van der Waals surface area contributed by atoms with Crippen molar-refractivity contribution in [1.29, 1.82) is 0 Å². The van der Waals surface area contributed by atoms with Crippen molar-refractivity contribution in [1.82, 2.24) is 38.7 Å². The molecule has 2 atom stereocenters. The predicted octanol–water partition coefficient (Wildman–Crippen LogP) is 4.89. The molecule has 7 rings (SSSR count). The lowest BCUT2D eigenvalue weighted by atomic mass is 9.91. The second kappa shape index (κ2) is 9.68. The van der Waals surface area contributed by atoms with E-state index >= 15 is 0 Å². The normalized spacial score (nSPS) is 19.5. The number of halogens is 1. The van der Waals surface area contributed by atoms with Crippen LogP contribution < -0.4 is 10.1 Å². The van der Waals surface area contributed by atoms with Crippen molar-refractivity contribution in [2.24, 2.45) is 7.05 Å². The molecule has 1 saturated heterocycles. The highest BCUT2D eigenvalue weighted by atomic mass is 35.5. The minimum Gasteiger partial charge on any atom is -0.451 e. The van der Waals surface area contributed by atoms with E-state index in [1.807, 2.05) is 33.0 Å². The summed E-state index contributed by atoms with van der Waals surface area (Å²) in [6.07, 6.45) is 9.68. The van der Waals surface area contributed by atoms with E-state index in [4.69, 9.17) is 26.2 Å². The van der Waals surface area contributed by atoms with Gasteiger partial charge in [0.25, 0.3) is 0 Å². The number of anilines is 2. The Hall–Kier alpha value is -3.74. The van der Waals surface area contributed by atoms with Crippen molar-refractivity contribution < 1.29 is 14.6 Å². The second-order valence-electron chi connectivity index (χ2n) is 11.8. The number of imidazole rings is 2. The van der Waals surface area contributed by atoms with Crippen LogP contribution in [0.15, 0.2) is 30.9 Å². The van der Waals surface area contributed by atoms with Crippen LogP contribution in [-0.2, 0) is 17.2 Å². The first-order valence-electron chi connectivity index (χ1n) is 13.8. The number of hydrogen-bond acceptors (Lipinski definition) is 9. The minimum absolute atomic E-state index is 0.0441. The number of rotatable bonds is 7. The molecule has 5 aromatic rings. The molecule has 214 valence electrons. The fourth-order valence-corrected chi connectivity index (χ4v) is 5.78. The topological polar surface area (TPSA) is 129 Å². The Labute approximate surface area is 241 Å². The zero-order valence-corrected chi connectivity index (χ0v) is 24.1. The van der Waals surface area contributed by atoms with Gasteiger partial charge >= 0.3 is 0 Å². The maximum atomic E-state index is 9.83. The molecule has 2 unspecified atom stereocenters. The fraction of sp³-hybridized carbons (Fsp3) is 0.464. The molecule has 0 radical (unpaired) electrons. The molecule has 5 aromatic heterocycles. The lowest BCUT2D eigenvalue weighted by Crippen LogP contribution is -2.29. The number of pyridine rings is 1. The van der Waals surface area contributed by atoms with Crippen molar-refractivity contribution >= 4 is 40.2 Å². The first-order chi connectivity index (χ1) is 19.7. The highest BCUT2D eigenvalue weighted by Gasteiger charge is 2.34. The number of aliphatic hydroxyl groups excluding tert-OH is 1. The molecule has 12 nitrogen and oxygen atoms in total. The zero-order valence-electron chi connectivity index (χ0n) is 23.4. The molecule has 1 saturated carbocycles. The van der Waals surface area contributed by atoms with Gasteiger partial charge in [-0.15, -0.1) is 0 Å². The average molecular weight is 578 g/mol. The lowest BCUT2D eigenvalue weighted by molar-refractivity contribution is 0.0391. The van der Waals surface area contributed by atoms with Crippen LogP contribution in [0.1, 0.15) is 63.5 Å². The van der Waals surface area contributed by atoms with Crippen molar-refractivity contribution in [2.45, 2.75) is 63.5 Å². The zero-order chi connectivity index (χ0) is 28.5. The number of nitrogens with zero attached hydrogens (tertiary/aromatic N) is 8. The van der Waals surface area contributed by atoms with Crippen LogP contribution in [0.3, 0.4) is 0 Å². The minimum atomic E-state index is -0.286. The molecule has 0 amide bonds. The Morgan fingerprint density at radius 3 is 2.73 bits per heavy atom. The molecule has 2 fully saturated rings. The lowest BCUT2D eigenvalue weighted by Gasteiger charge is -2.25. The summed E-state index contributed by atoms with van der Waals surface area (Å²) in [5.74, 6) is 3.59. The monoisotopic (exact) mass is 577 g/mol. The molecule has 1 aliphatic carbocycles. The van der Waals surface area contributed by atoms with Crippen molar-refractivity contribution in [3.05, 3.63) is 47.4 Å². The van der Waals surface area contributed by atoms with E-state index in [9.17, 15) is 5.11 Å². The summed E-state index contributed by atoms with van der Waals surface area (Å²) in [4.78, 5) is 18.2. The number of aliphatic hydroxyl groups is 1. The quantitative estimate of drug-likeness (QED) is 0.277. The molecule has 6 heterocycles. The van der Waals surface area contributed by atoms with Gasteiger partial charge in [-0.05, 0) is 19.3 Å². The first-order valence-corrected chi connectivity index (χ1v) is 14.2. The van der Waals surface area contributed by atoms with Crippen LogP contribution in [0.4, 0.5) is 11.8 Å². The Bertz CT molecular complexity index is 1770. The van der Waals surface area contributed by atoms with Gasteiger partial charge in [0.2, 0.25) is 5.95 Å². The van der Waals surface area contributed by atoms with Crippen LogP contribution in [-0.4, -0.2) is 63.1 Å². The number of nitrogens with one attached hydrogen (secondary N) is 1. The molecule has 0 spiro atoms. The predicted molar refractivity (Wildman–Crippen MR) is 153 cm³/mol. The van der Waals surface area contributed by atoms with Gasteiger partial charge in [0.1, 0.15) is 22.5 Å². The Kier molecular flexibility index (Phi) is 6.18. The van der Waals surface area contributed by atoms with Crippen LogP contribution >= 0.6 is 11.6 Å². The molecule has 1 aliphatic heterocycles. The van der Waals surface area contributed by atoms with E-state index < -0.39 is 0 Å². The summed E-state index contributed by atoms with van der Waals surface area (Å²) >= 11 is 6.86. The molecular formula is C28H32ClN9O3. The van der Waals surface area contributed by atoms with Crippen molar-refractivity contribution in [3.63, 3.8) is 0 Å². The summed E-state index contributed by atoms with van der Waals surface area (Å²) in [6.45, 7) is 6.96. The van der Waals surface area contributed by atoms with E-state index in [0.717, 1.165) is 36.4 Å². The van der Waals surface area contributed by atoms with Crippen LogP contribution in [0.25, 0.3) is 16.8 Å². The van der Waals surface area contributed by atoms with Gasteiger partial charge in [-0.25, -0.2) is 15.0 Å². The van der Waals surface area contributed by atoms with E-state index in [2.05, 4.69) is 46.0 Å². The largest absolute Gasteiger partial charge is 0.451 e. The second-order valence-corrected chi connectivity index (χ2v) is 12.2. The van der Waals surface area contributed by atoms with Gasteiger partial charge in [-0.3, -0.25) is 9.08 Å². The maximum absolute atomic E-state index is 9.83. The van der Waals surface area contributed by atoms with E-state index in [1.165, 1.54) is 0 Å². The van der Waals surface area contributed by atoms with Crippen LogP contribution in [0.2, 0.25) is 5.02 Å². The summed E-state index contributed by atoms with van der Waals surface area (Å²) in [5.41, 5.74) is 2.75. The van der Waals surface area contributed by atoms with Crippen LogP contribution in [0, 0.1) is 0 Å². The van der Waals surface area contributed by atoms with Gasteiger partial charge < -0.3 is 24.5 Å². The number of hydrogen-bond donors (Lipinski definition) is 2. The van der Waals surface area contributed by atoms with Gasteiger partial charge in [0.05, 0.1) is 37.4 Å². The molecule has 2 N–H and O–H groups in total. The maximum Gasteiger partial charge on any atom is 0.210 e. The molecule has 13 heteroatoms. The van der Waals surface area contributed by atoms with Gasteiger partial charge in [-0.2, -0.15) is 10.1 Å². The summed E-state index contributed by atoms with van der Waals surface area (Å²) in [7, 11) is 1.87. The molecular weight excluding hydrogens is 546 g/mol. The smallest absolute Gasteiger partial charge is 0.210 e. The Balaban J connectivity index is 1.19. The van der Waals surface area contributed by atoms with Crippen molar-refractivity contribution in [2.75, 3.05) is 18.5 Å². The third kappa shape index (κ3) is 4.59. The van der Waals surface area contributed by atoms with Crippen LogP contribution in [0.5, 0.6) is 11.5 Å². The van der Waals surface area contributed by atoms with Crippen molar-refractivity contribution in [3.8, 4) is 11.5 Å². The third-order valence-electron chi connectivity index (χ3n) is 7.77. The SMILES string of the molecule is Cn1c(Nc2cc(C(C)(C)C)n(C3CCOC3CO)n2)nc2ncc(Oc3cnc4cnc(C5CC5)n4c3)c(Cl)c21. The average Bonchev–Trinajstić information content (AvgIpc) is 3.28. The van der Waals surface area contributed by atoms with Gasteiger partial charge in [-0.1, -0.05) is 32.4 Å². The van der Waals surface area contributed by atoms with Gasteiger partial charge in [0, 0.05) is 36.7 Å². The van der Waals surface area contributed by atoms with E-state index in [-0.39, 0.29) is 24.2 Å². The van der Waals surface area contributed by atoms with Gasteiger partial charge in [0.15, 0.2) is 28.6 Å². The highest BCUT2D eigenvalue weighted by molar-refractivity contribution is 6.36. The number of ether oxygens (including phenoxy) is 2. The number of aromatic nitrogens is 8. The van der Waals surface area contributed by atoms with E-state index in [1.54, 1.807) is 18.6 Å². The fourth-order valence-electron chi connectivity index (χ4n) is 5.48. The molecule has 0 bridgehead atoms.